The lowest BCUT2D eigenvalue weighted by molar-refractivity contribution is -0.138. The van der Waals surface area contributed by atoms with Crippen molar-refractivity contribution in [1.29, 1.82) is 0 Å². The number of hydrogen-bond donors (Lipinski definition) is 1. The smallest absolute Gasteiger partial charge is 0.254 e. The zero-order valence-corrected chi connectivity index (χ0v) is 11.5. The van der Waals surface area contributed by atoms with E-state index in [1.165, 1.54) is 4.90 Å². The highest BCUT2D eigenvalue weighted by Crippen LogP contribution is 2.17. The number of benzene rings is 1. The van der Waals surface area contributed by atoms with Gasteiger partial charge in [0.15, 0.2) is 0 Å². The van der Waals surface area contributed by atoms with Gasteiger partial charge >= 0.3 is 0 Å². The molecule has 6 heteroatoms. The summed E-state index contributed by atoms with van der Waals surface area (Å²) in [6.45, 7) is 1.52. The van der Waals surface area contributed by atoms with Crippen LogP contribution < -0.4 is 5.32 Å². The largest absolute Gasteiger partial charge is 0.318 e. The van der Waals surface area contributed by atoms with Crippen LogP contribution in [0.2, 0.25) is 0 Å². The standard InChI is InChI=1S/C13H14N2O3S/c1-8-12(17)14-11(16)7-15(8)13(18)9-3-5-10(19-2)6-4-9/h3-6,8H,7H2,1-2H3,(H,14,16,17). The van der Waals surface area contributed by atoms with Gasteiger partial charge in [0.25, 0.3) is 5.91 Å². The molecule has 0 aliphatic carbocycles. The summed E-state index contributed by atoms with van der Waals surface area (Å²) in [5.41, 5.74) is 0.479. The van der Waals surface area contributed by atoms with Gasteiger partial charge in [0.2, 0.25) is 11.8 Å². The second kappa shape index (κ2) is 5.44. The minimum absolute atomic E-state index is 0.0873. The van der Waals surface area contributed by atoms with E-state index in [4.69, 9.17) is 0 Å². The number of imide groups is 1. The molecule has 1 fully saturated rings. The summed E-state index contributed by atoms with van der Waals surface area (Å²) in [6, 6.07) is 6.46. The van der Waals surface area contributed by atoms with Crippen molar-refractivity contribution in [2.24, 2.45) is 0 Å². The maximum absolute atomic E-state index is 12.3. The Morgan fingerprint density at radius 3 is 2.53 bits per heavy atom. The molecule has 1 aromatic carbocycles. The van der Waals surface area contributed by atoms with Gasteiger partial charge in [-0.15, -0.1) is 11.8 Å². The van der Waals surface area contributed by atoms with Crippen LogP contribution in [0.25, 0.3) is 0 Å². The number of thioether (sulfide) groups is 1. The van der Waals surface area contributed by atoms with E-state index in [0.717, 1.165) is 4.90 Å². The van der Waals surface area contributed by atoms with Gasteiger partial charge in [-0.3, -0.25) is 19.7 Å². The molecular weight excluding hydrogens is 264 g/mol. The predicted octanol–water partition coefficient (Wildman–Crippen LogP) is 0.896. The Bertz CT molecular complexity index is 527. The van der Waals surface area contributed by atoms with Gasteiger partial charge in [0.1, 0.15) is 12.6 Å². The molecule has 1 aliphatic rings. The summed E-state index contributed by atoms with van der Waals surface area (Å²) in [5, 5.41) is 2.21. The van der Waals surface area contributed by atoms with E-state index in [-0.39, 0.29) is 12.5 Å². The van der Waals surface area contributed by atoms with Gasteiger partial charge in [0.05, 0.1) is 0 Å². The molecule has 1 aliphatic heterocycles. The van der Waals surface area contributed by atoms with Crippen LogP contribution in [0.1, 0.15) is 17.3 Å². The van der Waals surface area contributed by atoms with E-state index >= 15 is 0 Å². The molecule has 0 radical (unpaired) electrons. The summed E-state index contributed by atoms with van der Waals surface area (Å²) in [4.78, 5) is 37.5. The quantitative estimate of drug-likeness (QED) is 0.644. The molecule has 1 saturated heterocycles. The second-order valence-electron chi connectivity index (χ2n) is 4.25. The number of piperazine rings is 1. The van der Waals surface area contributed by atoms with Gasteiger partial charge in [-0.05, 0) is 37.4 Å². The Hall–Kier alpha value is -1.82. The maximum atomic E-state index is 12.3. The fraction of sp³-hybridized carbons (Fsp3) is 0.308. The molecule has 1 aromatic rings. The average Bonchev–Trinajstić information content (AvgIpc) is 2.42. The Morgan fingerprint density at radius 2 is 1.95 bits per heavy atom. The molecule has 0 spiro atoms. The number of nitrogens with one attached hydrogen (secondary N) is 1. The SMILES string of the molecule is CSc1ccc(C(=O)N2CC(=O)NC(=O)C2C)cc1. The first-order chi connectivity index (χ1) is 9.02. The highest BCUT2D eigenvalue weighted by atomic mass is 32.2. The highest BCUT2D eigenvalue weighted by Gasteiger charge is 2.33. The highest BCUT2D eigenvalue weighted by molar-refractivity contribution is 7.98. The third-order valence-electron chi connectivity index (χ3n) is 3.02. The summed E-state index contributed by atoms with van der Waals surface area (Å²) in [6.07, 6.45) is 1.95. The zero-order valence-electron chi connectivity index (χ0n) is 10.7. The van der Waals surface area contributed by atoms with Crippen LogP contribution in [0.3, 0.4) is 0 Å². The lowest BCUT2D eigenvalue weighted by Crippen LogP contribution is -2.58. The Morgan fingerprint density at radius 1 is 1.32 bits per heavy atom. The zero-order chi connectivity index (χ0) is 14.0. The van der Waals surface area contributed by atoms with E-state index < -0.39 is 17.9 Å². The van der Waals surface area contributed by atoms with Crippen LogP contribution in [-0.2, 0) is 9.59 Å². The van der Waals surface area contributed by atoms with E-state index in [1.807, 2.05) is 18.4 Å². The van der Waals surface area contributed by atoms with E-state index in [9.17, 15) is 14.4 Å². The van der Waals surface area contributed by atoms with Crippen LogP contribution in [0.4, 0.5) is 0 Å². The molecular formula is C13H14N2O3S. The lowest BCUT2D eigenvalue weighted by Gasteiger charge is -2.31. The third-order valence-corrected chi connectivity index (χ3v) is 3.76. The summed E-state index contributed by atoms with van der Waals surface area (Å²) >= 11 is 1.58. The number of amides is 3. The molecule has 2 rings (SSSR count). The average molecular weight is 278 g/mol. The van der Waals surface area contributed by atoms with E-state index in [1.54, 1.807) is 30.8 Å². The number of rotatable bonds is 2. The third kappa shape index (κ3) is 2.78. The normalized spacial score (nSPS) is 19.3. The van der Waals surface area contributed by atoms with Crippen molar-refractivity contribution in [2.45, 2.75) is 17.9 Å². The monoisotopic (exact) mass is 278 g/mol. The summed E-state index contributed by atoms with van der Waals surface area (Å²) in [7, 11) is 0. The lowest BCUT2D eigenvalue weighted by atomic mass is 10.1. The van der Waals surface area contributed by atoms with Gasteiger partial charge in [0, 0.05) is 10.5 Å². The molecule has 1 N–H and O–H groups in total. The topological polar surface area (TPSA) is 66.5 Å². The number of nitrogens with zero attached hydrogens (tertiary/aromatic N) is 1. The minimum atomic E-state index is -0.634. The van der Waals surface area contributed by atoms with Gasteiger partial charge in [-0.1, -0.05) is 0 Å². The Balaban J connectivity index is 2.22. The first kappa shape index (κ1) is 13.6. The molecule has 100 valence electrons. The Labute approximate surface area is 115 Å². The molecule has 1 atom stereocenters. The van der Waals surface area contributed by atoms with E-state index in [0.29, 0.717) is 5.56 Å². The summed E-state index contributed by atoms with van der Waals surface area (Å²) in [5.74, 6) is -1.19. The first-order valence-electron chi connectivity index (χ1n) is 5.81. The van der Waals surface area contributed by atoms with Crippen molar-refractivity contribution in [2.75, 3.05) is 12.8 Å². The molecule has 0 bridgehead atoms. The van der Waals surface area contributed by atoms with Crippen molar-refractivity contribution in [3.8, 4) is 0 Å². The van der Waals surface area contributed by atoms with Crippen LogP contribution in [-0.4, -0.2) is 41.5 Å². The number of hydrogen-bond acceptors (Lipinski definition) is 4. The van der Waals surface area contributed by atoms with E-state index in [2.05, 4.69) is 5.32 Å². The number of carbonyl (C=O) groups excluding carboxylic acids is 3. The second-order valence-corrected chi connectivity index (χ2v) is 5.13. The van der Waals surface area contributed by atoms with Crippen molar-refractivity contribution >= 4 is 29.5 Å². The maximum Gasteiger partial charge on any atom is 0.254 e. The fourth-order valence-corrected chi connectivity index (χ4v) is 2.27. The molecule has 1 unspecified atom stereocenters. The molecule has 0 saturated carbocycles. The first-order valence-corrected chi connectivity index (χ1v) is 7.04. The van der Waals surface area contributed by atoms with Crippen molar-refractivity contribution in [1.82, 2.24) is 10.2 Å². The molecule has 0 aromatic heterocycles. The molecule has 3 amide bonds. The fourth-order valence-electron chi connectivity index (χ4n) is 1.86. The van der Waals surface area contributed by atoms with Crippen LogP contribution in [0, 0.1) is 0 Å². The number of carbonyl (C=O) groups is 3. The van der Waals surface area contributed by atoms with Crippen molar-refractivity contribution in [3.05, 3.63) is 29.8 Å². The van der Waals surface area contributed by atoms with Crippen LogP contribution in [0.5, 0.6) is 0 Å². The van der Waals surface area contributed by atoms with Crippen molar-refractivity contribution < 1.29 is 14.4 Å². The molecule has 5 nitrogen and oxygen atoms in total. The van der Waals surface area contributed by atoms with Gasteiger partial charge in [-0.25, -0.2) is 0 Å². The van der Waals surface area contributed by atoms with Gasteiger partial charge in [-0.2, -0.15) is 0 Å². The Kier molecular flexibility index (Phi) is 3.90. The van der Waals surface area contributed by atoms with Gasteiger partial charge < -0.3 is 4.90 Å². The molecule has 19 heavy (non-hydrogen) atoms. The summed E-state index contributed by atoms with van der Waals surface area (Å²) < 4.78 is 0. The van der Waals surface area contributed by atoms with Crippen LogP contribution in [0.15, 0.2) is 29.2 Å². The molecule has 1 heterocycles. The van der Waals surface area contributed by atoms with Crippen molar-refractivity contribution in [3.63, 3.8) is 0 Å². The predicted molar refractivity (Wildman–Crippen MR) is 71.9 cm³/mol. The minimum Gasteiger partial charge on any atom is -0.318 e. The van der Waals surface area contributed by atoms with Crippen LogP contribution >= 0.6 is 11.8 Å².